The summed E-state index contributed by atoms with van der Waals surface area (Å²) >= 11 is 0. The minimum absolute atomic E-state index is 0.186. The summed E-state index contributed by atoms with van der Waals surface area (Å²) in [5.74, 6) is -2.34. The summed E-state index contributed by atoms with van der Waals surface area (Å²) < 4.78 is 40.1. The van der Waals surface area contributed by atoms with Gasteiger partial charge in [-0.2, -0.15) is 0 Å². The molecule has 3 N–H and O–H groups in total. The van der Waals surface area contributed by atoms with Gasteiger partial charge in [0, 0.05) is 24.8 Å². The van der Waals surface area contributed by atoms with Crippen LogP contribution in [-0.2, 0) is 29.0 Å². The van der Waals surface area contributed by atoms with Gasteiger partial charge in [-0.25, -0.2) is 18.2 Å². The molecule has 0 spiro atoms. The normalized spacial score (nSPS) is 12.6. The summed E-state index contributed by atoms with van der Waals surface area (Å²) in [5.41, 5.74) is 2.08. The maximum Gasteiger partial charge on any atom is 0.248 e. The lowest BCUT2D eigenvalue weighted by Crippen LogP contribution is -2.44. The third-order valence-corrected chi connectivity index (χ3v) is 6.00. The zero-order valence-electron chi connectivity index (χ0n) is 21.6. The highest BCUT2D eigenvalue weighted by atomic mass is 19.1. The Morgan fingerprint density at radius 1 is 0.895 bits per heavy atom. The summed E-state index contributed by atoms with van der Waals surface area (Å²) in [6, 6.07) is 12.4. The van der Waals surface area contributed by atoms with Crippen molar-refractivity contribution in [2.45, 2.75) is 64.6 Å². The van der Waals surface area contributed by atoms with E-state index >= 15 is 0 Å². The second-order valence-corrected chi connectivity index (χ2v) is 9.35. The Morgan fingerprint density at radius 2 is 1.63 bits per heavy atom. The highest BCUT2D eigenvalue weighted by molar-refractivity contribution is 5.96. The van der Waals surface area contributed by atoms with E-state index in [1.807, 2.05) is 19.1 Å². The van der Waals surface area contributed by atoms with E-state index < -0.39 is 29.5 Å². The summed E-state index contributed by atoms with van der Waals surface area (Å²) in [6.45, 7) is 4.53. The number of benzene rings is 2. The van der Waals surface area contributed by atoms with Crippen molar-refractivity contribution in [1.29, 1.82) is 0 Å². The number of pyridine rings is 1. The highest BCUT2D eigenvalue weighted by Gasteiger charge is 2.21. The lowest BCUT2D eigenvalue weighted by atomic mass is 10.1. The lowest BCUT2D eigenvalue weighted by Gasteiger charge is -2.18. The molecule has 3 rings (SSSR count). The van der Waals surface area contributed by atoms with Crippen LogP contribution in [0.15, 0.2) is 60.8 Å². The molecule has 0 aliphatic carbocycles. The molecule has 1 heterocycles. The summed E-state index contributed by atoms with van der Waals surface area (Å²) in [5, 5.41) is 8.75. The van der Waals surface area contributed by atoms with Gasteiger partial charge in [0.25, 0.3) is 0 Å². The molecular formula is C29H33F3N4O2. The maximum atomic E-state index is 13.4. The molecule has 2 amide bonds. The minimum atomic E-state index is -0.808. The number of rotatable bonds is 13. The second-order valence-electron chi connectivity index (χ2n) is 9.35. The predicted octanol–water partition coefficient (Wildman–Crippen LogP) is 5.08. The topological polar surface area (TPSA) is 83.1 Å². The molecular weight excluding hydrogens is 493 g/mol. The SMILES string of the molecule is CCCC(NC(=O)Cc1cc(F)cc(F)c1)C(=O)Nc1ccc(CCC(C)NCc2cccc(F)c2)cn1. The first kappa shape index (κ1) is 28.8. The van der Waals surface area contributed by atoms with Crippen molar-refractivity contribution in [2.24, 2.45) is 0 Å². The van der Waals surface area contributed by atoms with E-state index in [-0.39, 0.29) is 23.8 Å². The van der Waals surface area contributed by atoms with Gasteiger partial charge < -0.3 is 16.0 Å². The van der Waals surface area contributed by atoms with Gasteiger partial charge in [0.05, 0.1) is 6.42 Å². The molecule has 2 unspecified atom stereocenters. The van der Waals surface area contributed by atoms with Gasteiger partial charge in [0.2, 0.25) is 11.8 Å². The first-order valence-electron chi connectivity index (χ1n) is 12.7. The fourth-order valence-corrected chi connectivity index (χ4v) is 3.99. The van der Waals surface area contributed by atoms with Gasteiger partial charge in [0.15, 0.2) is 0 Å². The van der Waals surface area contributed by atoms with Gasteiger partial charge in [-0.1, -0.05) is 31.5 Å². The number of nitrogens with one attached hydrogen (secondary N) is 3. The molecule has 0 bridgehead atoms. The first-order valence-corrected chi connectivity index (χ1v) is 12.7. The minimum Gasteiger partial charge on any atom is -0.344 e. The lowest BCUT2D eigenvalue weighted by molar-refractivity contribution is -0.126. The van der Waals surface area contributed by atoms with E-state index in [1.54, 1.807) is 18.3 Å². The van der Waals surface area contributed by atoms with E-state index in [9.17, 15) is 22.8 Å². The first-order chi connectivity index (χ1) is 18.2. The highest BCUT2D eigenvalue weighted by Crippen LogP contribution is 2.12. The Kier molecular flexibility index (Phi) is 10.8. The smallest absolute Gasteiger partial charge is 0.248 e. The van der Waals surface area contributed by atoms with Crippen molar-refractivity contribution in [3.8, 4) is 0 Å². The number of aromatic nitrogens is 1. The Morgan fingerprint density at radius 3 is 2.29 bits per heavy atom. The van der Waals surface area contributed by atoms with E-state index in [0.29, 0.717) is 25.2 Å². The average Bonchev–Trinajstić information content (AvgIpc) is 2.86. The van der Waals surface area contributed by atoms with Crippen molar-refractivity contribution >= 4 is 17.6 Å². The maximum absolute atomic E-state index is 13.4. The summed E-state index contributed by atoms with van der Waals surface area (Å²) in [4.78, 5) is 29.5. The number of carbonyl (C=O) groups excluding carboxylic acids is 2. The zero-order valence-corrected chi connectivity index (χ0v) is 21.6. The number of hydrogen-bond acceptors (Lipinski definition) is 4. The van der Waals surface area contributed by atoms with Crippen LogP contribution in [0.5, 0.6) is 0 Å². The zero-order chi connectivity index (χ0) is 27.5. The van der Waals surface area contributed by atoms with Gasteiger partial charge in [-0.05, 0) is 73.2 Å². The van der Waals surface area contributed by atoms with Crippen molar-refractivity contribution in [1.82, 2.24) is 15.6 Å². The van der Waals surface area contributed by atoms with Crippen LogP contribution in [0.25, 0.3) is 0 Å². The van der Waals surface area contributed by atoms with Crippen molar-refractivity contribution in [3.05, 3.63) is 94.9 Å². The number of amides is 2. The fraction of sp³-hybridized carbons (Fsp3) is 0.345. The molecule has 1 aromatic heterocycles. The molecule has 38 heavy (non-hydrogen) atoms. The van der Waals surface area contributed by atoms with Crippen LogP contribution in [-0.4, -0.2) is 28.9 Å². The molecule has 0 radical (unpaired) electrons. The van der Waals surface area contributed by atoms with Crippen molar-refractivity contribution < 1.29 is 22.8 Å². The average molecular weight is 527 g/mol. The summed E-state index contributed by atoms with van der Waals surface area (Å²) in [6.07, 6.45) is 4.11. The predicted molar refractivity (Wildman–Crippen MR) is 141 cm³/mol. The van der Waals surface area contributed by atoms with Crippen molar-refractivity contribution in [2.75, 3.05) is 5.32 Å². The van der Waals surface area contributed by atoms with E-state index in [4.69, 9.17) is 0 Å². The molecule has 0 aliphatic heterocycles. The van der Waals surface area contributed by atoms with Crippen LogP contribution >= 0.6 is 0 Å². The molecule has 3 aromatic rings. The van der Waals surface area contributed by atoms with Gasteiger partial charge >= 0.3 is 0 Å². The van der Waals surface area contributed by atoms with E-state index in [2.05, 4.69) is 27.9 Å². The molecule has 6 nitrogen and oxygen atoms in total. The standard InChI is InChI=1S/C29H33F3N4O2/c1-3-5-26(35-28(37)15-22-13-24(31)16-25(32)14-22)29(38)36-27-11-10-20(17-34-27)9-8-19(2)33-18-21-6-4-7-23(30)12-21/h4,6-7,10-14,16-17,19,26,33H,3,5,8-9,15,18H2,1-2H3,(H,35,37)(H,34,36,38). The Labute approximate surface area is 221 Å². The molecule has 9 heteroatoms. The molecule has 0 fully saturated rings. The molecule has 0 aliphatic rings. The number of carbonyl (C=O) groups is 2. The number of halogens is 3. The number of anilines is 1. The van der Waals surface area contributed by atoms with E-state index in [0.717, 1.165) is 42.2 Å². The van der Waals surface area contributed by atoms with Gasteiger partial charge in [-0.15, -0.1) is 0 Å². The third-order valence-electron chi connectivity index (χ3n) is 6.00. The number of nitrogens with zero attached hydrogens (tertiary/aromatic N) is 1. The fourth-order valence-electron chi connectivity index (χ4n) is 3.99. The monoisotopic (exact) mass is 526 g/mol. The Hall–Kier alpha value is -3.72. The van der Waals surface area contributed by atoms with Crippen LogP contribution in [0.2, 0.25) is 0 Å². The molecule has 0 saturated carbocycles. The van der Waals surface area contributed by atoms with E-state index in [1.165, 1.54) is 12.1 Å². The van der Waals surface area contributed by atoms with Gasteiger partial charge in [0.1, 0.15) is 29.3 Å². The summed E-state index contributed by atoms with van der Waals surface area (Å²) in [7, 11) is 0. The number of hydrogen-bond donors (Lipinski definition) is 3. The Balaban J connectivity index is 1.47. The van der Waals surface area contributed by atoms with Crippen LogP contribution in [0.3, 0.4) is 0 Å². The van der Waals surface area contributed by atoms with Gasteiger partial charge in [-0.3, -0.25) is 9.59 Å². The largest absolute Gasteiger partial charge is 0.344 e. The van der Waals surface area contributed by atoms with Crippen LogP contribution in [0.1, 0.15) is 49.8 Å². The van der Waals surface area contributed by atoms with Crippen LogP contribution < -0.4 is 16.0 Å². The van der Waals surface area contributed by atoms with Crippen molar-refractivity contribution in [3.63, 3.8) is 0 Å². The molecule has 0 saturated heterocycles. The third kappa shape index (κ3) is 9.63. The molecule has 2 atom stereocenters. The second kappa shape index (κ2) is 14.3. The van der Waals surface area contributed by atoms with Crippen LogP contribution in [0.4, 0.5) is 19.0 Å². The number of aryl methyl sites for hydroxylation is 1. The quantitative estimate of drug-likeness (QED) is 0.290. The van der Waals surface area contributed by atoms with Crippen LogP contribution in [0, 0.1) is 17.5 Å². The molecule has 202 valence electrons. The Bertz CT molecular complexity index is 1200. The molecule has 2 aromatic carbocycles.